The SMILES string of the molecule is CC(=O)c1cccc(CCCCC(=O)c2ccc(CCC(C)(N)CO)s2)c1. The summed E-state index contributed by atoms with van der Waals surface area (Å²) in [6, 6.07) is 11.6. The van der Waals surface area contributed by atoms with Crippen molar-refractivity contribution in [3.63, 3.8) is 0 Å². The Morgan fingerprint density at radius 2 is 1.93 bits per heavy atom. The van der Waals surface area contributed by atoms with E-state index in [1.807, 2.05) is 43.3 Å². The molecule has 1 aromatic heterocycles. The van der Waals surface area contributed by atoms with Gasteiger partial charge in [0.1, 0.15) is 0 Å². The van der Waals surface area contributed by atoms with E-state index >= 15 is 0 Å². The van der Waals surface area contributed by atoms with Gasteiger partial charge in [0.2, 0.25) is 0 Å². The van der Waals surface area contributed by atoms with Gasteiger partial charge in [0.25, 0.3) is 0 Å². The molecule has 0 saturated heterocycles. The van der Waals surface area contributed by atoms with Crippen molar-refractivity contribution in [1.29, 1.82) is 0 Å². The van der Waals surface area contributed by atoms with Gasteiger partial charge in [0, 0.05) is 22.4 Å². The number of Topliss-reactive ketones (excluding diaryl/α,β-unsaturated/α-hetero) is 2. The first-order valence-electron chi connectivity index (χ1n) is 9.42. The summed E-state index contributed by atoms with van der Waals surface area (Å²) in [6.07, 6.45) is 4.64. The molecule has 0 aliphatic carbocycles. The molecule has 0 fully saturated rings. The minimum Gasteiger partial charge on any atom is -0.394 e. The lowest BCUT2D eigenvalue weighted by atomic mass is 9.98. The zero-order chi connectivity index (χ0) is 19.9. The third kappa shape index (κ3) is 7.01. The van der Waals surface area contributed by atoms with E-state index in [2.05, 4.69) is 0 Å². The fourth-order valence-electron chi connectivity index (χ4n) is 2.83. The Morgan fingerprint density at radius 3 is 2.63 bits per heavy atom. The van der Waals surface area contributed by atoms with Gasteiger partial charge in [-0.15, -0.1) is 11.3 Å². The summed E-state index contributed by atoms with van der Waals surface area (Å²) >= 11 is 1.53. The third-order valence-corrected chi connectivity index (χ3v) is 5.88. The van der Waals surface area contributed by atoms with Crippen LogP contribution in [-0.4, -0.2) is 28.8 Å². The number of rotatable bonds is 11. The van der Waals surface area contributed by atoms with E-state index in [1.54, 1.807) is 6.92 Å². The van der Waals surface area contributed by atoms with Crippen molar-refractivity contribution < 1.29 is 14.7 Å². The molecule has 5 heteroatoms. The monoisotopic (exact) mass is 387 g/mol. The zero-order valence-corrected chi connectivity index (χ0v) is 17.0. The maximum Gasteiger partial charge on any atom is 0.172 e. The van der Waals surface area contributed by atoms with Crippen LogP contribution < -0.4 is 5.73 Å². The van der Waals surface area contributed by atoms with Gasteiger partial charge in [-0.1, -0.05) is 18.2 Å². The molecule has 1 heterocycles. The van der Waals surface area contributed by atoms with E-state index in [0.29, 0.717) is 12.8 Å². The maximum atomic E-state index is 12.4. The van der Waals surface area contributed by atoms with Crippen molar-refractivity contribution >= 4 is 22.9 Å². The number of carbonyl (C=O) groups is 2. The smallest absolute Gasteiger partial charge is 0.172 e. The largest absolute Gasteiger partial charge is 0.394 e. The van der Waals surface area contributed by atoms with Gasteiger partial charge in [-0.3, -0.25) is 9.59 Å². The summed E-state index contributed by atoms with van der Waals surface area (Å²) in [7, 11) is 0. The molecule has 4 nitrogen and oxygen atoms in total. The highest BCUT2D eigenvalue weighted by molar-refractivity contribution is 7.14. The first-order chi connectivity index (χ1) is 12.8. The highest BCUT2D eigenvalue weighted by atomic mass is 32.1. The molecule has 0 aliphatic heterocycles. The number of carbonyl (C=O) groups excluding carboxylic acids is 2. The molecular formula is C22H29NO3S. The average Bonchev–Trinajstić information content (AvgIpc) is 3.13. The third-order valence-electron chi connectivity index (χ3n) is 4.69. The summed E-state index contributed by atoms with van der Waals surface area (Å²) in [4.78, 5) is 25.7. The van der Waals surface area contributed by atoms with Gasteiger partial charge >= 0.3 is 0 Å². The fourth-order valence-corrected chi connectivity index (χ4v) is 3.81. The molecule has 0 bridgehead atoms. The summed E-state index contributed by atoms with van der Waals surface area (Å²) < 4.78 is 0. The van der Waals surface area contributed by atoms with Gasteiger partial charge in [0.05, 0.1) is 11.5 Å². The minimum atomic E-state index is -0.576. The van der Waals surface area contributed by atoms with Crippen molar-refractivity contribution in [1.82, 2.24) is 0 Å². The number of thiophene rings is 1. The molecule has 0 saturated carbocycles. The first kappa shape index (κ1) is 21.5. The highest BCUT2D eigenvalue weighted by Crippen LogP contribution is 2.22. The lowest BCUT2D eigenvalue weighted by Gasteiger charge is -2.20. The molecule has 27 heavy (non-hydrogen) atoms. The molecular weight excluding hydrogens is 358 g/mol. The minimum absolute atomic E-state index is 0.0422. The standard InChI is InChI=1S/C22H29NO3S/c1-16(25)18-8-5-7-17(14-18)6-3-4-9-20(26)21-11-10-19(27-21)12-13-22(2,23)15-24/h5,7-8,10-11,14,24H,3-4,6,9,12-13,15,23H2,1-2H3. The van der Waals surface area contributed by atoms with Gasteiger partial charge < -0.3 is 10.8 Å². The predicted molar refractivity (Wildman–Crippen MR) is 111 cm³/mol. The van der Waals surface area contributed by atoms with Crippen LogP contribution >= 0.6 is 11.3 Å². The number of unbranched alkanes of at least 4 members (excludes halogenated alkanes) is 1. The molecule has 2 aromatic rings. The first-order valence-corrected chi connectivity index (χ1v) is 10.2. The molecule has 3 N–H and O–H groups in total. The van der Waals surface area contributed by atoms with Gasteiger partial charge in [0.15, 0.2) is 11.6 Å². The number of aryl methyl sites for hydroxylation is 2. The van der Waals surface area contributed by atoms with Gasteiger partial charge in [-0.2, -0.15) is 0 Å². The molecule has 0 aliphatic rings. The number of aliphatic hydroxyl groups excluding tert-OH is 1. The van der Waals surface area contributed by atoms with Crippen molar-refractivity contribution in [3.8, 4) is 0 Å². The molecule has 2 rings (SSSR count). The Balaban J connectivity index is 1.76. The fraction of sp³-hybridized carbons (Fsp3) is 0.455. The van der Waals surface area contributed by atoms with Crippen LogP contribution in [0.25, 0.3) is 0 Å². The summed E-state index contributed by atoms with van der Waals surface area (Å²) in [6.45, 7) is 3.36. The van der Waals surface area contributed by atoms with E-state index in [1.165, 1.54) is 11.3 Å². The summed E-state index contributed by atoms with van der Waals surface area (Å²) in [5, 5.41) is 9.22. The van der Waals surface area contributed by atoms with Crippen molar-refractivity contribution in [2.45, 2.75) is 57.9 Å². The van der Waals surface area contributed by atoms with E-state index in [-0.39, 0.29) is 18.2 Å². The van der Waals surface area contributed by atoms with Crippen molar-refractivity contribution in [2.24, 2.45) is 5.73 Å². The van der Waals surface area contributed by atoms with Gasteiger partial charge in [-0.25, -0.2) is 0 Å². The Bertz CT molecular complexity index is 779. The quantitative estimate of drug-likeness (QED) is 0.447. The van der Waals surface area contributed by atoms with Crippen molar-refractivity contribution in [3.05, 3.63) is 57.3 Å². The number of ketones is 2. The Kier molecular flexibility index (Phi) is 7.90. The number of nitrogens with two attached hydrogens (primary N) is 1. The zero-order valence-electron chi connectivity index (χ0n) is 16.2. The molecule has 1 unspecified atom stereocenters. The number of hydrogen-bond donors (Lipinski definition) is 2. The van der Waals surface area contributed by atoms with Crippen molar-refractivity contribution in [2.75, 3.05) is 6.61 Å². The van der Waals surface area contributed by atoms with Crippen LogP contribution in [0.5, 0.6) is 0 Å². The lowest BCUT2D eigenvalue weighted by molar-refractivity contribution is 0.0981. The Hall–Kier alpha value is -1.82. The van der Waals surface area contributed by atoms with Crippen LogP contribution in [0.4, 0.5) is 0 Å². The van der Waals surface area contributed by atoms with E-state index < -0.39 is 5.54 Å². The predicted octanol–water partition coefficient (Wildman–Crippen LogP) is 4.19. The molecule has 1 atom stereocenters. The second-order valence-corrected chi connectivity index (χ2v) is 8.63. The summed E-state index contributed by atoms with van der Waals surface area (Å²) in [5.41, 5.74) is 7.26. The lowest BCUT2D eigenvalue weighted by Crippen LogP contribution is -2.40. The van der Waals surface area contributed by atoms with Crippen LogP contribution in [0.3, 0.4) is 0 Å². The molecule has 0 spiro atoms. The highest BCUT2D eigenvalue weighted by Gasteiger charge is 2.17. The molecule has 0 amide bonds. The molecule has 0 radical (unpaired) electrons. The molecule has 1 aromatic carbocycles. The van der Waals surface area contributed by atoms with E-state index in [9.17, 15) is 14.7 Å². The number of hydrogen-bond acceptors (Lipinski definition) is 5. The Morgan fingerprint density at radius 1 is 1.15 bits per heavy atom. The Labute approximate surface area is 165 Å². The van der Waals surface area contributed by atoms with Gasteiger partial charge in [-0.05, 0) is 69.7 Å². The van der Waals surface area contributed by atoms with Crippen LogP contribution in [0.1, 0.15) is 70.0 Å². The maximum absolute atomic E-state index is 12.4. The second kappa shape index (κ2) is 9.93. The normalized spacial score (nSPS) is 13.3. The summed E-state index contributed by atoms with van der Waals surface area (Å²) in [5.74, 6) is 0.260. The number of aliphatic hydroxyl groups is 1. The van der Waals surface area contributed by atoms with Crippen LogP contribution in [0, 0.1) is 0 Å². The number of benzene rings is 1. The van der Waals surface area contributed by atoms with Crippen LogP contribution in [-0.2, 0) is 12.8 Å². The average molecular weight is 388 g/mol. The molecule has 146 valence electrons. The van der Waals surface area contributed by atoms with Crippen LogP contribution in [0.15, 0.2) is 36.4 Å². The second-order valence-electron chi connectivity index (χ2n) is 7.46. The van der Waals surface area contributed by atoms with E-state index in [0.717, 1.165) is 46.6 Å². The topological polar surface area (TPSA) is 80.4 Å². The van der Waals surface area contributed by atoms with E-state index in [4.69, 9.17) is 5.73 Å². The van der Waals surface area contributed by atoms with Crippen LogP contribution in [0.2, 0.25) is 0 Å².